The van der Waals surface area contributed by atoms with E-state index >= 15 is 0 Å². The smallest absolute Gasteiger partial charge is 0.248 e. The van der Waals surface area contributed by atoms with Crippen LogP contribution in [0.1, 0.15) is 28.4 Å². The summed E-state index contributed by atoms with van der Waals surface area (Å²) in [5.74, 6) is -0.00618. The minimum Gasteiger partial charge on any atom is -0.366 e. The summed E-state index contributed by atoms with van der Waals surface area (Å²) in [7, 11) is 0. The fourth-order valence-electron chi connectivity index (χ4n) is 3.02. The van der Waals surface area contributed by atoms with Crippen molar-refractivity contribution in [2.45, 2.75) is 19.9 Å². The van der Waals surface area contributed by atoms with Crippen molar-refractivity contribution in [3.05, 3.63) is 71.2 Å². The van der Waals surface area contributed by atoms with Gasteiger partial charge in [0.05, 0.1) is 6.54 Å². The van der Waals surface area contributed by atoms with Crippen LogP contribution in [0.5, 0.6) is 0 Å². The number of hydrogen-bond donors (Lipinski definition) is 4. The van der Waals surface area contributed by atoms with E-state index in [1.165, 1.54) is 12.1 Å². The highest BCUT2D eigenvalue weighted by atomic mass is 19.1. The number of primary amides is 1. The zero-order chi connectivity index (χ0) is 19.9. The number of nitrogens with two attached hydrogens (primary N) is 1. The highest BCUT2D eigenvalue weighted by Gasteiger charge is 2.06. The first-order valence-electron chi connectivity index (χ1n) is 9.23. The van der Waals surface area contributed by atoms with Gasteiger partial charge < -0.3 is 21.4 Å². The van der Waals surface area contributed by atoms with Crippen molar-refractivity contribution in [2.24, 2.45) is 10.7 Å². The number of carbonyl (C=O) groups excluding carboxylic acids is 1. The van der Waals surface area contributed by atoms with E-state index in [9.17, 15) is 9.18 Å². The predicted octanol–water partition coefficient (Wildman–Crippen LogP) is 2.70. The minimum absolute atomic E-state index is 0.249. The normalized spacial score (nSPS) is 11.6. The number of benzene rings is 2. The van der Waals surface area contributed by atoms with Gasteiger partial charge in [-0.1, -0.05) is 12.1 Å². The summed E-state index contributed by atoms with van der Waals surface area (Å²) in [5.41, 5.74) is 8.62. The fraction of sp³-hybridized carbons (Fsp3) is 0.238. The Morgan fingerprint density at radius 3 is 2.86 bits per heavy atom. The number of hydrogen-bond acceptors (Lipinski definition) is 2. The molecule has 0 fully saturated rings. The standard InChI is InChI=1S/C21H24FN5O/c1-2-24-21(27-12-14-4-3-5-15(10-14)20(23)28)25-9-8-16-13-26-19-11-17(22)6-7-18(16)19/h3-7,10-11,13,26H,2,8-9,12H2,1H3,(H2,23,28)(H2,24,25,27). The number of rotatable bonds is 7. The van der Waals surface area contributed by atoms with Gasteiger partial charge in [0.2, 0.25) is 5.91 Å². The molecule has 1 amide bonds. The maximum atomic E-state index is 13.3. The lowest BCUT2D eigenvalue weighted by Crippen LogP contribution is -2.38. The number of aliphatic imine (C=N–C) groups is 1. The summed E-state index contributed by atoms with van der Waals surface area (Å²) in [6, 6.07) is 11.9. The lowest BCUT2D eigenvalue weighted by molar-refractivity contribution is 0.1000. The van der Waals surface area contributed by atoms with Crippen molar-refractivity contribution < 1.29 is 9.18 Å². The molecule has 0 spiro atoms. The number of carbonyl (C=O) groups is 1. The van der Waals surface area contributed by atoms with Crippen LogP contribution in [0, 0.1) is 5.82 Å². The number of aromatic amines is 1. The van der Waals surface area contributed by atoms with Gasteiger partial charge in [-0.2, -0.15) is 0 Å². The molecule has 6 nitrogen and oxygen atoms in total. The van der Waals surface area contributed by atoms with Crippen LogP contribution in [-0.2, 0) is 13.0 Å². The minimum atomic E-state index is -0.450. The average Bonchev–Trinajstić information content (AvgIpc) is 3.08. The van der Waals surface area contributed by atoms with E-state index in [0.717, 1.165) is 35.0 Å². The Hall–Kier alpha value is -3.35. The van der Waals surface area contributed by atoms with E-state index in [0.29, 0.717) is 24.6 Å². The van der Waals surface area contributed by atoms with Gasteiger partial charge in [-0.15, -0.1) is 0 Å². The Morgan fingerprint density at radius 2 is 2.07 bits per heavy atom. The Kier molecular flexibility index (Phi) is 6.26. The molecule has 0 bridgehead atoms. The van der Waals surface area contributed by atoms with Crippen LogP contribution in [-0.4, -0.2) is 29.9 Å². The summed E-state index contributed by atoms with van der Waals surface area (Å²) in [6.45, 7) is 3.85. The van der Waals surface area contributed by atoms with Gasteiger partial charge in [0.25, 0.3) is 0 Å². The lowest BCUT2D eigenvalue weighted by Gasteiger charge is -2.11. The van der Waals surface area contributed by atoms with E-state index in [-0.39, 0.29) is 5.82 Å². The van der Waals surface area contributed by atoms with Crippen LogP contribution in [0.2, 0.25) is 0 Å². The zero-order valence-electron chi connectivity index (χ0n) is 15.8. The summed E-state index contributed by atoms with van der Waals surface area (Å²) in [5, 5.41) is 7.53. The second kappa shape index (κ2) is 9.03. The van der Waals surface area contributed by atoms with Crippen molar-refractivity contribution in [2.75, 3.05) is 13.1 Å². The number of nitrogens with zero attached hydrogens (tertiary/aromatic N) is 1. The Morgan fingerprint density at radius 1 is 1.21 bits per heavy atom. The van der Waals surface area contributed by atoms with Crippen molar-refractivity contribution >= 4 is 22.8 Å². The monoisotopic (exact) mass is 381 g/mol. The molecular formula is C21H24FN5O. The lowest BCUT2D eigenvalue weighted by atomic mass is 10.1. The molecule has 5 N–H and O–H groups in total. The SMILES string of the molecule is CCNC(=NCc1cccc(C(N)=O)c1)NCCc1c[nH]c2cc(F)ccc12. The van der Waals surface area contributed by atoms with E-state index < -0.39 is 5.91 Å². The molecule has 0 aliphatic heterocycles. The largest absolute Gasteiger partial charge is 0.366 e. The summed E-state index contributed by atoms with van der Waals surface area (Å²) in [4.78, 5) is 19.0. The summed E-state index contributed by atoms with van der Waals surface area (Å²) < 4.78 is 13.3. The Labute approximate surface area is 163 Å². The van der Waals surface area contributed by atoms with Crippen LogP contribution >= 0.6 is 0 Å². The third-order valence-electron chi connectivity index (χ3n) is 4.39. The molecule has 146 valence electrons. The molecule has 7 heteroatoms. The van der Waals surface area contributed by atoms with Gasteiger partial charge in [0.1, 0.15) is 5.82 Å². The first kappa shape index (κ1) is 19.4. The van der Waals surface area contributed by atoms with Gasteiger partial charge in [0.15, 0.2) is 5.96 Å². The van der Waals surface area contributed by atoms with E-state index in [1.807, 2.05) is 19.2 Å². The van der Waals surface area contributed by atoms with Crippen LogP contribution in [0.25, 0.3) is 10.9 Å². The number of guanidine groups is 1. The molecule has 3 aromatic rings. The topological polar surface area (TPSA) is 95.3 Å². The molecule has 0 atom stereocenters. The van der Waals surface area contributed by atoms with Gasteiger partial charge in [-0.05, 0) is 54.8 Å². The molecule has 0 aliphatic carbocycles. The van der Waals surface area contributed by atoms with Crippen molar-refractivity contribution in [1.82, 2.24) is 15.6 Å². The number of nitrogens with one attached hydrogen (secondary N) is 3. The number of halogens is 1. The maximum absolute atomic E-state index is 13.3. The second-order valence-corrected chi connectivity index (χ2v) is 6.44. The molecule has 0 saturated heterocycles. The molecule has 0 saturated carbocycles. The highest BCUT2D eigenvalue weighted by Crippen LogP contribution is 2.19. The van der Waals surface area contributed by atoms with Gasteiger partial charge in [-0.3, -0.25) is 4.79 Å². The van der Waals surface area contributed by atoms with Gasteiger partial charge in [-0.25, -0.2) is 9.38 Å². The molecule has 0 unspecified atom stereocenters. The predicted molar refractivity (Wildman–Crippen MR) is 110 cm³/mol. The first-order valence-corrected chi connectivity index (χ1v) is 9.23. The number of fused-ring (bicyclic) bond motifs is 1. The summed E-state index contributed by atoms with van der Waals surface area (Å²) >= 11 is 0. The van der Waals surface area contributed by atoms with Gasteiger partial charge >= 0.3 is 0 Å². The highest BCUT2D eigenvalue weighted by molar-refractivity contribution is 5.92. The van der Waals surface area contributed by atoms with Crippen molar-refractivity contribution in [3.63, 3.8) is 0 Å². The Bertz CT molecular complexity index is 995. The second-order valence-electron chi connectivity index (χ2n) is 6.44. The van der Waals surface area contributed by atoms with E-state index in [2.05, 4.69) is 20.6 Å². The third-order valence-corrected chi connectivity index (χ3v) is 4.39. The van der Waals surface area contributed by atoms with Gasteiger partial charge in [0, 0.05) is 35.8 Å². The Balaban J connectivity index is 1.61. The molecule has 3 rings (SSSR count). The van der Waals surface area contributed by atoms with Crippen LogP contribution in [0.15, 0.2) is 53.7 Å². The first-order chi connectivity index (χ1) is 13.6. The molecule has 1 heterocycles. The van der Waals surface area contributed by atoms with Crippen molar-refractivity contribution in [3.8, 4) is 0 Å². The maximum Gasteiger partial charge on any atom is 0.248 e. The van der Waals surface area contributed by atoms with Crippen LogP contribution in [0.3, 0.4) is 0 Å². The van der Waals surface area contributed by atoms with Crippen LogP contribution in [0.4, 0.5) is 4.39 Å². The third kappa shape index (κ3) is 4.88. The molecule has 0 radical (unpaired) electrons. The molecule has 2 aromatic carbocycles. The molecule has 0 aliphatic rings. The summed E-state index contributed by atoms with van der Waals surface area (Å²) in [6.07, 6.45) is 2.68. The average molecular weight is 381 g/mol. The number of aromatic nitrogens is 1. The fourth-order valence-corrected chi connectivity index (χ4v) is 3.02. The zero-order valence-corrected chi connectivity index (χ0v) is 15.8. The van der Waals surface area contributed by atoms with E-state index in [1.54, 1.807) is 24.3 Å². The number of amides is 1. The quantitative estimate of drug-likeness (QED) is 0.374. The van der Waals surface area contributed by atoms with E-state index in [4.69, 9.17) is 5.73 Å². The number of H-pyrrole nitrogens is 1. The molecule has 28 heavy (non-hydrogen) atoms. The molecular weight excluding hydrogens is 357 g/mol. The van der Waals surface area contributed by atoms with Crippen molar-refractivity contribution in [1.29, 1.82) is 0 Å². The van der Waals surface area contributed by atoms with Crippen LogP contribution < -0.4 is 16.4 Å². The molecule has 1 aromatic heterocycles.